The predicted molar refractivity (Wildman–Crippen MR) is 93.5 cm³/mol. The van der Waals surface area contributed by atoms with Crippen molar-refractivity contribution in [3.63, 3.8) is 0 Å². The smallest absolute Gasteiger partial charge is 0.250 e. The number of hydrogen-bond donors (Lipinski definition) is 0. The molecule has 2 aromatic rings. The van der Waals surface area contributed by atoms with Crippen LogP contribution in [0, 0.1) is 0 Å². The van der Waals surface area contributed by atoms with Crippen LogP contribution in [0.3, 0.4) is 0 Å². The lowest BCUT2D eigenvalue weighted by molar-refractivity contribution is 0.106. The molecule has 2 aliphatic heterocycles. The second kappa shape index (κ2) is 6.86. The van der Waals surface area contributed by atoms with Gasteiger partial charge in [-0.25, -0.2) is 0 Å². The Kier molecular flexibility index (Phi) is 4.44. The molecule has 7 heteroatoms. The summed E-state index contributed by atoms with van der Waals surface area (Å²) in [6.07, 6.45) is 2.64. The maximum atomic E-state index is 4.27. The Balaban J connectivity index is 1.43. The lowest BCUT2D eigenvalue weighted by Gasteiger charge is -2.42. The summed E-state index contributed by atoms with van der Waals surface area (Å²) in [5, 5.41) is 12.3. The minimum absolute atomic E-state index is 0.705. The number of piperazine rings is 1. The Morgan fingerprint density at radius 2 is 1.79 bits per heavy atom. The molecule has 0 bridgehead atoms. The minimum atomic E-state index is 0.705. The van der Waals surface area contributed by atoms with Crippen LogP contribution in [0.4, 0.5) is 5.95 Å². The summed E-state index contributed by atoms with van der Waals surface area (Å²) in [5.41, 5.74) is 1.01. The Hall–Kier alpha value is -1.99. The van der Waals surface area contributed by atoms with Crippen molar-refractivity contribution in [2.45, 2.75) is 18.9 Å². The number of likely N-dealkylation sites (N-methyl/N-ethyl adjacent to an activating group) is 1. The number of likely N-dealkylation sites (tertiary alicyclic amines) is 1. The van der Waals surface area contributed by atoms with Crippen molar-refractivity contribution in [2.75, 3.05) is 51.2 Å². The van der Waals surface area contributed by atoms with Crippen LogP contribution in [-0.2, 0) is 0 Å². The number of hydrogen-bond acceptors (Lipinski definition) is 6. The van der Waals surface area contributed by atoms with E-state index in [-0.39, 0.29) is 0 Å². The summed E-state index contributed by atoms with van der Waals surface area (Å²) in [6, 6.07) is 10.8. The van der Waals surface area contributed by atoms with Crippen LogP contribution < -0.4 is 4.90 Å². The van der Waals surface area contributed by atoms with Crippen LogP contribution >= 0.6 is 0 Å². The van der Waals surface area contributed by atoms with Crippen molar-refractivity contribution in [3.8, 4) is 5.69 Å². The van der Waals surface area contributed by atoms with Crippen LogP contribution in [0.2, 0.25) is 0 Å². The molecule has 2 fully saturated rings. The molecule has 0 saturated carbocycles. The molecule has 1 atom stereocenters. The van der Waals surface area contributed by atoms with E-state index in [0.717, 1.165) is 37.8 Å². The fourth-order valence-electron chi connectivity index (χ4n) is 3.84. The lowest BCUT2D eigenvalue weighted by Crippen LogP contribution is -2.55. The molecule has 2 saturated heterocycles. The highest BCUT2D eigenvalue weighted by atomic mass is 15.6. The third-order valence-electron chi connectivity index (χ3n) is 5.17. The molecule has 0 spiro atoms. The molecule has 1 aromatic heterocycles. The van der Waals surface area contributed by atoms with Crippen LogP contribution in [0.15, 0.2) is 30.3 Å². The van der Waals surface area contributed by atoms with Crippen molar-refractivity contribution in [2.24, 2.45) is 0 Å². The van der Waals surface area contributed by atoms with Crippen molar-refractivity contribution < 1.29 is 0 Å². The quantitative estimate of drug-likeness (QED) is 0.834. The van der Waals surface area contributed by atoms with Crippen LogP contribution in [0.25, 0.3) is 5.69 Å². The van der Waals surface area contributed by atoms with E-state index in [4.69, 9.17) is 0 Å². The van der Waals surface area contributed by atoms with E-state index in [2.05, 4.69) is 37.3 Å². The van der Waals surface area contributed by atoms with E-state index in [9.17, 15) is 0 Å². The van der Waals surface area contributed by atoms with E-state index in [1.807, 2.05) is 35.0 Å². The Bertz CT molecular complexity index is 648. The van der Waals surface area contributed by atoms with Gasteiger partial charge in [0, 0.05) is 38.8 Å². The van der Waals surface area contributed by atoms with Crippen molar-refractivity contribution in [1.82, 2.24) is 30.0 Å². The van der Waals surface area contributed by atoms with E-state index in [1.54, 1.807) is 0 Å². The number of anilines is 1. The number of para-hydroxylation sites is 1. The molecule has 0 amide bonds. The van der Waals surface area contributed by atoms with Gasteiger partial charge in [0.1, 0.15) is 0 Å². The average Bonchev–Trinajstić information content (AvgIpc) is 3.12. The first-order valence-electron chi connectivity index (χ1n) is 8.82. The summed E-state index contributed by atoms with van der Waals surface area (Å²) < 4.78 is 1.84. The topological polar surface area (TPSA) is 53.3 Å². The minimum Gasteiger partial charge on any atom is -0.337 e. The summed E-state index contributed by atoms with van der Waals surface area (Å²) >= 11 is 0. The number of rotatable bonds is 3. The van der Waals surface area contributed by atoms with E-state index in [0.29, 0.717) is 6.04 Å². The molecule has 1 unspecified atom stereocenters. The first-order valence-corrected chi connectivity index (χ1v) is 8.82. The summed E-state index contributed by atoms with van der Waals surface area (Å²) in [6.45, 7) is 6.56. The molecule has 3 heterocycles. The van der Waals surface area contributed by atoms with E-state index >= 15 is 0 Å². The number of nitrogens with zero attached hydrogens (tertiary/aromatic N) is 7. The standard InChI is InChI=1S/C17H25N7/c1-21-9-5-8-16(14-21)22-10-12-23(13-11-22)17-18-19-20-24(17)15-6-3-2-4-7-15/h2-4,6-7,16H,5,8-14H2,1H3. The molecular formula is C17H25N7. The van der Waals surface area contributed by atoms with Gasteiger partial charge in [-0.05, 0) is 49.0 Å². The van der Waals surface area contributed by atoms with Crippen LogP contribution in [0.5, 0.6) is 0 Å². The zero-order chi connectivity index (χ0) is 16.4. The van der Waals surface area contributed by atoms with Gasteiger partial charge in [-0.15, -0.1) is 0 Å². The van der Waals surface area contributed by atoms with Crippen molar-refractivity contribution in [3.05, 3.63) is 30.3 Å². The summed E-state index contributed by atoms with van der Waals surface area (Å²) in [4.78, 5) is 7.40. The molecule has 128 valence electrons. The summed E-state index contributed by atoms with van der Waals surface area (Å²) in [5.74, 6) is 0.849. The second-order valence-electron chi connectivity index (χ2n) is 6.81. The van der Waals surface area contributed by atoms with Gasteiger partial charge in [0.25, 0.3) is 0 Å². The zero-order valence-electron chi connectivity index (χ0n) is 14.3. The van der Waals surface area contributed by atoms with Gasteiger partial charge in [0.15, 0.2) is 0 Å². The highest BCUT2D eigenvalue weighted by Gasteiger charge is 2.28. The number of benzene rings is 1. The summed E-state index contributed by atoms with van der Waals surface area (Å²) in [7, 11) is 2.23. The van der Waals surface area contributed by atoms with Gasteiger partial charge in [-0.3, -0.25) is 4.90 Å². The number of piperidine rings is 1. The Morgan fingerprint density at radius 3 is 2.54 bits per heavy atom. The van der Waals surface area contributed by atoms with Gasteiger partial charge in [-0.2, -0.15) is 4.68 Å². The van der Waals surface area contributed by atoms with Gasteiger partial charge < -0.3 is 9.80 Å². The molecule has 4 rings (SSSR count). The molecule has 0 aliphatic carbocycles. The van der Waals surface area contributed by atoms with Crippen molar-refractivity contribution >= 4 is 5.95 Å². The first kappa shape index (κ1) is 15.5. The molecule has 24 heavy (non-hydrogen) atoms. The number of aromatic nitrogens is 4. The lowest BCUT2D eigenvalue weighted by atomic mass is 10.0. The SMILES string of the molecule is CN1CCCC(N2CCN(c3nnnn3-c3ccccc3)CC2)C1. The fourth-order valence-corrected chi connectivity index (χ4v) is 3.84. The first-order chi connectivity index (χ1) is 11.8. The van der Waals surface area contributed by atoms with Gasteiger partial charge in [-0.1, -0.05) is 23.3 Å². The molecule has 0 radical (unpaired) electrons. The zero-order valence-corrected chi connectivity index (χ0v) is 14.3. The average molecular weight is 327 g/mol. The van der Waals surface area contributed by atoms with Gasteiger partial charge >= 0.3 is 0 Å². The third kappa shape index (κ3) is 3.14. The highest BCUT2D eigenvalue weighted by molar-refractivity contribution is 5.40. The fraction of sp³-hybridized carbons (Fsp3) is 0.588. The normalized spacial score (nSPS) is 23.5. The van der Waals surface area contributed by atoms with Crippen LogP contribution in [0.1, 0.15) is 12.8 Å². The van der Waals surface area contributed by atoms with Gasteiger partial charge in [0.2, 0.25) is 5.95 Å². The number of tetrazole rings is 1. The molecule has 2 aliphatic rings. The molecule has 7 nitrogen and oxygen atoms in total. The molecule has 1 aromatic carbocycles. The monoisotopic (exact) mass is 327 g/mol. The van der Waals surface area contributed by atoms with Crippen LogP contribution in [-0.4, -0.2) is 82.4 Å². The van der Waals surface area contributed by atoms with E-state index < -0.39 is 0 Å². The Labute approximate surface area is 142 Å². The van der Waals surface area contributed by atoms with Crippen molar-refractivity contribution in [1.29, 1.82) is 0 Å². The third-order valence-corrected chi connectivity index (χ3v) is 5.17. The second-order valence-corrected chi connectivity index (χ2v) is 6.81. The largest absolute Gasteiger partial charge is 0.337 e. The molecular weight excluding hydrogens is 302 g/mol. The van der Waals surface area contributed by atoms with E-state index in [1.165, 1.54) is 25.9 Å². The maximum absolute atomic E-state index is 4.27. The highest BCUT2D eigenvalue weighted by Crippen LogP contribution is 2.20. The van der Waals surface area contributed by atoms with Gasteiger partial charge in [0.05, 0.1) is 5.69 Å². The predicted octanol–water partition coefficient (Wildman–Crippen LogP) is 0.878. The molecule has 0 N–H and O–H groups in total. The maximum Gasteiger partial charge on any atom is 0.250 e. The Morgan fingerprint density at radius 1 is 1.00 bits per heavy atom.